The van der Waals surface area contributed by atoms with Crippen molar-refractivity contribution in [2.24, 2.45) is 0 Å². The molecule has 19 heavy (non-hydrogen) atoms. The van der Waals surface area contributed by atoms with Gasteiger partial charge in [0.05, 0.1) is 16.1 Å². The van der Waals surface area contributed by atoms with Crippen LogP contribution in [-0.2, 0) is 4.79 Å². The van der Waals surface area contributed by atoms with Gasteiger partial charge < -0.3 is 15.1 Å². The van der Waals surface area contributed by atoms with Gasteiger partial charge in [-0.2, -0.15) is 0 Å². The van der Waals surface area contributed by atoms with E-state index in [0.29, 0.717) is 5.02 Å². The molecule has 1 aliphatic rings. The number of carbonyl (C=O) groups excluding carboxylic acids is 1. The van der Waals surface area contributed by atoms with Gasteiger partial charge in [-0.3, -0.25) is 4.79 Å². The minimum atomic E-state index is -1.13. The number of hydrogen-bond acceptors (Lipinski definition) is 3. The topological polar surface area (TPSA) is 77.8 Å². The van der Waals surface area contributed by atoms with Crippen LogP contribution in [0.1, 0.15) is 16.8 Å². The molecular formula is C12H11Cl2NO4. The van der Waals surface area contributed by atoms with Crippen LogP contribution in [0.4, 0.5) is 0 Å². The van der Waals surface area contributed by atoms with Crippen molar-refractivity contribution < 1.29 is 19.8 Å². The lowest BCUT2D eigenvalue weighted by Gasteiger charge is -2.21. The lowest BCUT2D eigenvalue weighted by Crippen LogP contribution is -2.40. The van der Waals surface area contributed by atoms with Crippen LogP contribution in [-0.4, -0.2) is 45.7 Å². The van der Waals surface area contributed by atoms with E-state index in [1.54, 1.807) is 0 Å². The summed E-state index contributed by atoms with van der Waals surface area (Å²) in [5, 5.41) is 19.1. The number of aliphatic hydroxyl groups is 1. The molecule has 0 radical (unpaired) electrons. The summed E-state index contributed by atoms with van der Waals surface area (Å²) in [6.07, 6.45) is -0.796. The predicted octanol–water partition coefficient (Wildman–Crippen LogP) is 1.65. The monoisotopic (exact) mass is 303 g/mol. The zero-order valence-corrected chi connectivity index (χ0v) is 11.2. The van der Waals surface area contributed by atoms with Gasteiger partial charge in [0.2, 0.25) is 0 Å². The normalized spacial score (nSPS) is 22.6. The van der Waals surface area contributed by atoms with Crippen molar-refractivity contribution in [2.45, 2.75) is 18.6 Å². The fourth-order valence-electron chi connectivity index (χ4n) is 2.07. The minimum Gasteiger partial charge on any atom is -0.480 e. The van der Waals surface area contributed by atoms with E-state index >= 15 is 0 Å². The Kier molecular flexibility index (Phi) is 3.99. The molecule has 1 amide bonds. The van der Waals surface area contributed by atoms with Gasteiger partial charge in [-0.15, -0.1) is 0 Å². The molecule has 5 nitrogen and oxygen atoms in total. The highest BCUT2D eigenvalue weighted by atomic mass is 35.5. The van der Waals surface area contributed by atoms with Gasteiger partial charge >= 0.3 is 5.97 Å². The Bertz CT molecular complexity index is 534. The number of hydrogen-bond donors (Lipinski definition) is 2. The zero-order valence-electron chi connectivity index (χ0n) is 9.72. The van der Waals surface area contributed by atoms with Crippen LogP contribution in [0.3, 0.4) is 0 Å². The smallest absolute Gasteiger partial charge is 0.326 e. The van der Waals surface area contributed by atoms with Crippen LogP contribution in [0.5, 0.6) is 0 Å². The SMILES string of the molecule is O=C(O)[C@@H]1CC(O)CN1C(=O)c1ccc(Cl)c(Cl)c1. The predicted molar refractivity (Wildman–Crippen MR) is 69.5 cm³/mol. The van der Waals surface area contributed by atoms with E-state index in [9.17, 15) is 14.7 Å². The second kappa shape index (κ2) is 5.36. The second-order valence-electron chi connectivity index (χ2n) is 4.33. The van der Waals surface area contributed by atoms with E-state index in [1.807, 2.05) is 0 Å². The summed E-state index contributed by atoms with van der Waals surface area (Å²) < 4.78 is 0. The van der Waals surface area contributed by atoms with Crippen molar-refractivity contribution >= 4 is 35.1 Å². The Balaban J connectivity index is 2.27. The zero-order chi connectivity index (χ0) is 14.2. The highest BCUT2D eigenvalue weighted by Crippen LogP contribution is 2.26. The number of carbonyl (C=O) groups is 2. The molecule has 2 N–H and O–H groups in total. The largest absolute Gasteiger partial charge is 0.480 e. The first-order valence-electron chi connectivity index (χ1n) is 5.57. The number of halogens is 2. The fraction of sp³-hybridized carbons (Fsp3) is 0.333. The van der Waals surface area contributed by atoms with Crippen LogP contribution in [0.15, 0.2) is 18.2 Å². The molecule has 0 aliphatic carbocycles. The number of likely N-dealkylation sites (tertiary alicyclic amines) is 1. The Morgan fingerprint density at radius 2 is 1.95 bits per heavy atom. The lowest BCUT2D eigenvalue weighted by atomic mass is 10.1. The average Bonchev–Trinajstić information content (AvgIpc) is 2.74. The molecule has 1 heterocycles. The molecule has 0 aromatic heterocycles. The number of aliphatic hydroxyl groups excluding tert-OH is 1. The van der Waals surface area contributed by atoms with Crippen LogP contribution in [0.25, 0.3) is 0 Å². The maximum absolute atomic E-state index is 12.2. The maximum Gasteiger partial charge on any atom is 0.326 e. The first-order chi connectivity index (χ1) is 8.90. The molecule has 1 unspecified atom stereocenters. The van der Waals surface area contributed by atoms with Crippen LogP contribution in [0.2, 0.25) is 10.0 Å². The van der Waals surface area contributed by atoms with E-state index in [-0.39, 0.29) is 23.6 Å². The van der Waals surface area contributed by atoms with Crippen molar-refractivity contribution in [2.75, 3.05) is 6.54 Å². The standard InChI is InChI=1S/C12H11Cl2NO4/c13-8-2-1-6(3-9(8)14)11(17)15-5-7(16)4-10(15)12(18)19/h1-3,7,10,16H,4-5H2,(H,18,19)/t7?,10-/m0/s1. The molecule has 1 fully saturated rings. The fourth-order valence-corrected chi connectivity index (χ4v) is 2.37. The molecule has 0 saturated carbocycles. The van der Waals surface area contributed by atoms with E-state index in [0.717, 1.165) is 4.90 Å². The summed E-state index contributed by atoms with van der Waals surface area (Å²) in [5.74, 6) is -1.62. The first kappa shape index (κ1) is 14.1. The Labute approximate surface area is 119 Å². The van der Waals surface area contributed by atoms with Crippen molar-refractivity contribution in [3.8, 4) is 0 Å². The lowest BCUT2D eigenvalue weighted by molar-refractivity contribution is -0.141. The number of β-amino-alcohol motifs (C(OH)–C–C–N with tert-alkyl or cyclic N) is 1. The van der Waals surface area contributed by atoms with Crippen molar-refractivity contribution in [3.63, 3.8) is 0 Å². The van der Waals surface area contributed by atoms with Gasteiger partial charge in [0.15, 0.2) is 0 Å². The van der Waals surface area contributed by atoms with Crippen molar-refractivity contribution in [3.05, 3.63) is 33.8 Å². The molecular weight excluding hydrogens is 293 g/mol. The van der Waals surface area contributed by atoms with E-state index in [2.05, 4.69) is 0 Å². The quantitative estimate of drug-likeness (QED) is 0.871. The van der Waals surface area contributed by atoms with Gasteiger partial charge in [-0.25, -0.2) is 4.79 Å². The summed E-state index contributed by atoms with van der Waals surface area (Å²) in [6.45, 7) is -0.00392. The molecule has 0 spiro atoms. The summed E-state index contributed by atoms with van der Waals surface area (Å²) in [4.78, 5) is 24.4. The first-order valence-corrected chi connectivity index (χ1v) is 6.32. The molecule has 1 saturated heterocycles. The Morgan fingerprint density at radius 1 is 1.26 bits per heavy atom. The van der Waals surface area contributed by atoms with Gasteiger partial charge in [0, 0.05) is 18.5 Å². The molecule has 1 aliphatic heterocycles. The van der Waals surface area contributed by atoms with Gasteiger partial charge in [-0.05, 0) is 18.2 Å². The van der Waals surface area contributed by atoms with Crippen LogP contribution >= 0.6 is 23.2 Å². The highest BCUT2D eigenvalue weighted by molar-refractivity contribution is 6.42. The van der Waals surface area contributed by atoms with Gasteiger partial charge in [0.1, 0.15) is 6.04 Å². The number of nitrogens with zero attached hydrogens (tertiary/aromatic N) is 1. The van der Waals surface area contributed by atoms with E-state index in [1.165, 1.54) is 18.2 Å². The van der Waals surface area contributed by atoms with Gasteiger partial charge in [0.25, 0.3) is 5.91 Å². The Morgan fingerprint density at radius 3 is 2.53 bits per heavy atom. The third-order valence-corrected chi connectivity index (χ3v) is 3.73. The van der Waals surface area contributed by atoms with Crippen molar-refractivity contribution in [1.29, 1.82) is 0 Å². The van der Waals surface area contributed by atoms with E-state index < -0.39 is 24.0 Å². The minimum absolute atomic E-state index is 0.00392. The number of carboxylic acid groups (broad SMARTS) is 1. The molecule has 1 aromatic rings. The number of carboxylic acids is 1. The molecule has 1 aromatic carbocycles. The summed E-state index contributed by atoms with van der Waals surface area (Å²) in [7, 11) is 0. The van der Waals surface area contributed by atoms with Crippen molar-refractivity contribution in [1.82, 2.24) is 4.90 Å². The number of amides is 1. The molecule has 0 bridgehead atoms. The highest BCUT2D eigenvalue weighted by Gasteiger charge is 2.39. The third-order valence-electron chi connectivity index (χ3n) is 2.99. The summed E-state index contributed by atoms with van der Waals surface area (Å²) in [5.41, 5.74) is 0.245. The second-order valence-corrected chi connectivity index (χ2v) is 5.14. The molecule has 102 valence electrons. The third kappa shape index (κ3) is 2.83. The average molecular weight is 304 g/mol. The van der Waals surface area contributed by atoms with E-state index in [4.69, 9.17) is 28.3 Å². The summed E-state index contributed by atoms with van der Waals surface area (Å²) in [6, 6.07) is 3.31. The Hall–Kier alpha value is -1.30. The number of aliphatic carboxylic acids is 1. The maximum atomic E-state index is 12.2. The van der Waals surface area contributed by atoms with Gasteiger partial charge in [-0.1, -0.05) is 23.2 Å². The molecule has 2 atom stereocenters. The number of rotatable bonds is 2. The van der Waals surface area contributed by atoms with Crippen LogP contribution < -0.4 is 0 Å². The molecule has 2 rings (SSSR count). The summed E-state index contributed by atoms with van der Waals surface area (Å²) >= 11 is 11.6. The molecule has 7 heteroatoms. The van der Waals surface area contributed by atoms with Crippen LogP contribution in [0, 0.1) is 0 Å². The number of benzene rings is 1.